The van der Waals surface area contributed by atoms with Crippen LogP contribution in [-0.2, 0) is 14.3 Å². The molecular formula is C16H17ClF4O4. The van der Waals surface area contributed by atoms with Crippen molar-refractivity contribution in [1.29, 1.82) is 0 Å². The van der Waals surface area contributed by atoms with Gasteiger partial charge in [0, 0.05) is 11.5 Å². The maximum Gasteiger partial charge on any atom is 0.417 e. The highest BCUT2D eigenvalue weighted by atomic mass is 35.5. The van der Waals surface area contributed by atoms with Crippen LogP contribution < -0.4 is 4.74 Å². The van der Waals surface area contributed by atoms with E-state index in [9.17, 15) is 22.4 Å². The first-order valence-corrected chi connectivity index (χ1v) is 7.86. The van der Waals surface area contributed by atoms with Crippen LogP contribution in [0.2, 0.25) is 5.02 Å². The van der Waals surface area contributed by atoms with Crippen LogP contribution in [0.3, 0.4) is 0 Å². The Hall–Kier alpha value is -1.54. The number of alkyl halides is 3. The first kappa shape index (κ1) is 19.8. The van der Waals surface area contributed by atoms with Gasteiger partial charge in [-0.1, -0.05) is 17.7 Å². The molecule has 0 aliphatic carbocycles. The van der Waals surface area contributed by atoms with E-state index in [1.54, 1.807) is 0 Å². The molecule has 0 amide bonds. The number of carbonyl (C=O) groups excluding carboxylic acids is 1. The monoisotopic (exact) mass is 384 g/mol. The second-order valence-electron chi connectivity index (χ2n) is 5.81. The van der Waals surface area contributed by atoms with Crippen molar-refractivity contribution in [1.82, 2.24) is 0 Å². The van der Waals surface area contributed by atoms with Crippen LogP contribution in [-0.4, -0.2) is 37.6 Å². The predicted molar refractivity (Wildman–Crippen MR) is 81.3 cm³/mol. The second kappa shape index (κ2) is 6.99. The smallest absolute Gasteiger partial charge is 0.417 e. The molecule has 3 unspecified atom stereocenters. The average Bonchev–Trinajstić information content (AvgIpc) is 2.89. The van der Waals surface area contributed by atoms with Crippen molar-refractivity contribution in [3.05, 3.63) is 28.5 Å². The SMILES string of the molecule is CCOC(=O)C1OC(C)(C(F)(F)F)CC1c1ccc(F)c(Cl)c1OC. The third-order valence-corrected chi connectivity index (χ3v) is 4.52. The Morgan fingerprint density at radius 3 is 2.60 bits per heavy atom. The van der Waals surface area contributed by atoms with E-state index in [1.165, 1.54) is 20.1 Å². The fraction of sp³-hybridized carbons (Fsp3) is 0.562. The highest BCUT2D eigenvalue weighted by Gasteiger charge is 2.61. The van der Waals surface area contributed by atoms with Crippen molar-refractivity contribution in [3.8, 4) is 5.75 Å². The molecule has 140 valence electrons. The lowest BCUT2D eigenvalue weighted by atomic mass is 9.86. The van der Waals surface area contributed by atoms with Gasteiger partial charge in [-0.3, -0.25) is 0 Å². The van der Waals surface area contributed by atoms with E-state index in [2.05, 4.69) is 0 Å². The summed E-state index contributed by atoms with van der Waals surface area (Å²) in [5.41, 5.74) is -2.40. The van der Waals surface area contributed by atoms with Crippen molar-refractivity contribution in [2.75, 3.05) is 13.7 Å². The van der Waals surface area contributed by atoms with Gasteiger partial charge in [0.05, 0.1) is 13.7 Å². The summed E-state index contributed by atoms with van der Waals surface area (Å²) in [7, 11) is 1.21. The molecule has 3 atom stereocenters. The lowest BCUT2D eigenvalue weighted by molar-refractivity contribution is -0.264. The molecule has 4 nitrogen and oxygen atoms in total. The number of esters is 1. The van der Waals surface area contributed by atoms with Crippen LogP contribution in [0.25, 0.3) is 0 Å². The van der Waals surface area contributed by atoms with E-state index in [1.807, 2.05) is 0 Å². The molecule has 25 heavy (non-hydrogen) atoms. The van der Waals surface area contributed by atoms with Crippen LogP contribution in [0, 0.1) is 5.82 Å². The summed E-state index contributed by atoms with van der Waals surface area (Å²) in [5.74, 6) is -2.90. The zero-order valence-electron chi connectivity index (χ0n) is 13.7. The highest BCUT2D eigenvalue weighted by Crippen LogP contribution is 2.52. The van der Waals surface area contributed by atoms with Crippen LogP contribution in [0.5, 0.6) is 5.75 Å². The predicted octanol–water partition coefficient (Wildman–Crippen LogP) is 4.24. The van der Waals surface area contributed by atoms with E-state index < -0.39 is 42.0 Å². The van der Waals surface area contributed by atoms with Gasteiger partial charge in [0.1, 0.15) is 16.6 Å². The molecule has 0 spiro atoms. The van der Waals surface area contributed by atoms with Crippen LogP contribution in [0.1, 0.15) is 31.7 Å². The third-order valence-electron chi connectivity index (χ3n) is 4.16. The third kappa shape index (κ3) is 3.55. The minimum absolute atomic E-state index is 0.0184. The number of halogens is 5. The van der Waals surface area contributed by atoms with Gasteiger partial charge in [0.15, 0.2) is 11.7 Å². The van der Waals surface area contributed by atoms with E-state index in [-0.39, 0.29) is 22.9 Å². The first-order valence-electron chi connectivity index (χ1n) is 7.48. The van der Waals surface area contributed by atoms with Gasteiger partial charge in [-0.25, -0.2) is 9.18 Å². The van der Waals surface area contributed by atoms with Crippen LogP contribution in [0.15, 0.2) is 12.1 Å². The summed E-state index contributed by atoms with van der Waals surface area (Å²) >= 11 is 5.85. The van der Waals surface area contributed by atoms with Gasteiger partial charge in [-0.2, -0.15) is 13.2 Å². The van der Waals surface area contributed by atoms with Crippen molar-refractivity contribution in [3.63, 3.8) is 0 Å². The normalized spacial score (nSPS) is 26.6. The van der Waals surface area contributed by atoms with Crippen LogP contribution >= 0.6 is 11.6 Å². The second-order valence-corrected chi connectivity index (χ2v) is 6.19. The largest absolute Gasteiger partial charge is 0.495 e. The number of hydrogen-bond acceptors (Lipinski definition) is 4. The quantitative estimate of drug-likeness (QED) is 0.575. The number of hydrogen-bond donors (Lipinski definition) is 0. The number of methoxy groups -OCH3 is 1. The van der Waals surface area contributed by atoms with Crippen molar-refractivity contribution in [2.24, 2.45) is 0 Å². The lowest BCUT2D eigenvalue weighted by Crippen LogP contribution is -2.43. The molecule has 0 saturated carbocycles. The molecule has 2 rings (SSSR count). The summed E-state index contributed by atoms with van der Waals surface area (Å²) in [6, 6.07) is 2.24. The van der Waals surface area contributed by atoms with Gasteiger partial charge in [0.2, 0.25) is 0 Å². The summed E-state index contributed by atoms with van der Waals surface area (Å²) in [6.07, 6.45) is -6.77. The van der Waals surface area contributed by atoms with E-state index in [0.29, 0.717) is 0 Å². The number of benzene rings is 1. The van der Waals surface area contributed by atoms with Gasteiger partial charge in [-0.15, -0.1) is 0 Å². The van der Waals surface area contributed by atoms with E-state index in [4.69, 9.17) is 25.8 Å². The standard InChI is InChI=1S/C16H17ClF4O4/c1-4-24-14(22)13-9(7-15(2,25-13)16(19,20)21)8-5-6-10(18)11(17)12(8)23-3/h5-6,9,13H,4,7H2,1-3H3. The molecule has 1 aromatic carbocycles. The fourth-order valence-electron chi connectivity index (χ4n) is 2.88. The van der Waals surface area contributed by atoms with Gasteiger partial charge in [-0.05, 0) is 26.3 Å². The minimum atomic E-state index is -4.70. The van der Waals surface area contributed by atoms with Gasteiger partial charge < -0.3 is 14.2 Å². The van der Waals surface area contributed by atoms with Crippen molar-refractivity contribution < 1.29 is 36.6 Å². The summed E-state index contributed by atoms with van der Waals surface area (Å²) in [6.45, 7) is 2.37. The van der Waals surface area contributed by atoms with Crippen molar-refractivity contribution in [2.45, 2.75) is 44.1 Å². The van der Waals surface area contributed by atoms with Gasteiger partial charge >= 0.3 is 12.1 Å². The van der Waals surface area contributed by atoms with E-state index in [0.717, 1.165) is 13.0 Å². The molecule has 0 aromatic heterocycles. The molecule has 0 N–H and O–H groups in total. The molecule has 1 heterocycles. The average molecular weight is 385 g/mol. The number of ether oxygens (including phenoxy) is 3. The zero-order valence-corrected chi connectivity index (χ0v) is 14.5. The Balaban J connectivity index is 2.53. The summed E-state index contributed by atoms with van der Waals surface area (Å²) in [4.78, 5) is 12.1. The molecule has 1 saturated heterocycles. The summed E-state index contributed by atoms with van der Waals surface area (Å²) in [5, 5.41) is -0.372. The molecular weight excluding hydrogens is 368 g/mol. The molecule has 1 aliphatic heterocycles. The molecule has 0 radical (unpaired) electrons. The Morgan fingerprint density at radius 2 is 2.08 bits per heavy atom. The Morgan fingerprint density at radius 1 is 1.44 bits per heavy atom. The van der Waals surface area contributed by atoms with Crippen molar-refractivity contribution >= 4 is 17.6 Å². The Labute approximate surface area is 147 Å². The van der Waals surface area contributed by atoms with Crippen LogP contribution in [0.4, 0.5) is 17.6 Å². The Bertz CT molecular complexity index is 664. The maximum atomic E-state index is 13.6. The molecule has 9 heteroatoms. The first-order chi connectivity index (χ1) is 11.6. The zero-order chi connectivity index (χ0) is 19.0. The fourth-order valence-corrected chi connectivity index (χ4v) is 3.13. The summed E-state index contributed by atoms with van der Waals surface area (Å²) < 4.78 is 68.8. The molecule has 1 fully saturated rings. The lowest BCUT2D eigenvalue weighted by Gasteiger charge is -2.26. The molecule has 1 aliphatic rings. The molecule has 1 aromatic rings. The number of carbonyl (C=O) groups is 1. The molecule has 0 bridgehead atoms. The van der Waals surface area contributed by atoms with E-state index >= 15 is 0 Å². The topological polar surface area (TPSA) is 44.8 Å². The maximum absolute atomic E-state index is 13.6. The number of rotatable bonds is 4. The Kier molecular flexibility index (Phi) is 5.53. The highest BCUT2D eigenvalue weighted by molar-refractivity contribution is 6.32. The van der Waals surface area contributed by atoms with Gasteiger partial charge in [0.25, 0.3) is 0 Å². The minimum Gasteiger partial charge on any atom is -0.495 e.